The Morgan fingerprint density at radius 1 is 1.17 bits per heavy atom. The molecule has 3 aromatic heterocycles. The van der Waals surface area contributed by atoms with Crippen molar-refractivity contribution in [3.8, 4) is 0 Å². The van der Waals surface area contributed by atoms with E-state index < -0.39 is 0 Å². The summed E-state index contributed by atoms with van der Waals surface area (Å²) in [7, 11) is 0. The van der Waals surface area contributed by atoms with Gasteiger partial charge in [0.15, 0.2) is 17.0 Å². The number of aryl methyl sites for hydroxylation is 2. The third-order valence-corrected chi connectivity index (χ3v) is 4.90. The minimum Gasteiger partial charge on any atom is -0.336 e. The van der Waals surface area contributed by atoms with Crippen molar-refractivity contribution in [2.45, 2.75) is 71.3 Å². The summed E-state index contributed by atoms with van der Waals surface area (Å²) in [6.45, 7) is 4.81. The molecule has 7 nitrogen and oxygen atoms in total. The summed E-state index contributed by atoms with van der Waals surface area (Å²) >= 11 is 0. The van der Waals surface area contributed by atoms with Crippen LogP contribution in [0.25, 0.3) is 16.9 Å². The van der Waals surface area contributed by atoms with Gasteiger partial charge in [0.2, 0.25) is 5.78 Å². The number of hydrogen-bond donors (Lipinski definition) is 1. The highest BCUT2D eigenvalue weighted by atomic mass is 16.1. The maximum absolute atomic E-state index is 12.9. The molecule has 0 saturated heterocycles. The first kappa shape index (κ1) is 15.4. The second-order valence-electron chi connectivity index (χ2n) is 6.75. The molecule has 24 heavy (non-hydrogen) atoms. The first-order valence-corrected chi connectivity index (χ1v) is 9.11. The molecular formula is C17H24N6O. The SMILES string of the molecule is CCCc1nc2n(CCC)c(=O)c3[nH]c(C4CCCC4)nc3n2n1. The lowest BCUT2D eigenvalue weighted by Crippen LogP contribution is -2.23. The van der Waals surface area contributed by atoms with E-state index in [0.29, 0.717) is 29.4 Å². The molecule has 3 heterocycles. The molecule has 0 aromatic carbocycles. The highest BCUT2D eigenvalue weighted by molar-refractivity contribution is 5.72. The van der Waals surface area contributed by atoms with Gasteiger partial charge in [-0.15, -0.1) is 5.10 Å². The average molecular weight is 328 g/mol. The molecule has 1 fully saturated rings. The maximum atomic E-state index is 12.9. The smallest absolute Gasteiger partial charge is 0.281 e. The molecule has 3 aromatic rings. The summed E-state index contributed by atoms with van der Waals surface area (Å²) < 4.78 is 3.48. The highest BCUT2D eigenvalue weighted by Crippen LogP contribution is 2.33. The molecule has 0 unspecified atom stereocenters. The molecule has 0 spiro atoms. The van der Waals surface area contributed by atoms with E-state index in [4.69, 9.17) is 4.98 Å². The minimum atomic E-state index is -0.0356. The van der Waals surface area contributed by atoms with Crippen LogP contribution in [-0.4, -0.2) is 29.1 Å². The number of rotatable bonds is 5. The molecule has 1 aliphatic carbocycles. The fourth-order valence-electron chi connectivity index (χ4n) is 3.72. The van der Waals surface area contributed by atoms with E-state index in [2.05, 4.69) is 28.9 Å². The number of aromatic amines is 1. The molecule has 7 heteroatoms. The van der Waals surface area contributed by atoms with Crippen LogP contribution < -0.4 is 5.56 Å². The van der Waals surface area contributed by atoms with Gasteiger partial charge in [0.1, 0.15) is 5.82 Å². The minimum absolute atomic E-state index is 0.0356. The van der Waals surface area contributed by atoms with Crippen molar-refractivity contribution >= 4 is 16.9 Å². The van der Waals surface area contributed by atoms with Gasteiger partial charge in [0.05, 0.1) is 0 Å². The first-order chi connectivity index (χ1) is 11.7. The van der Waals surface area contributed by atoms with Gasteiger partial charge in [-0.2, -0.15) is 9.50 Å². The van der Waals surface area contributed by atoms with Gasteiger partial charge in [-0.1, -0.05) is 26.7 Å². The van der Waals surface area contributed by atoms with Crippen molar-refractivity contribution < 1.29 is 0 Å². The van der Waals surface area contributed by atoms with Gasteiger partial charge >= 0.3 is 0 Å². The Balaban J connectivity index is 1.98. The van der Waals surface area contributed by atoms with Crippen LogP contribution in [0.2, 0.25) is 0 Å². The lowest BCUT2D eigenvalue weighted by atomic mass is 10.1. The Morgan fingerprint density at radius 2 is 1.96 bits per heavy atom. The Kier molecular flexibility index (Phi) is 3.86. The number of aromatic nitrogens is 6. The van der Waals surface area contributed by atoms with E-state index in [9.17, 15) is 4.79 Å². The Bertz CT molecular complexity index is 928. The fraction of sp³-hybridized carbons (Fsp3) is 0.647. The van der Waals surface area contributed by atoms with Crippen LogP contribution >= 0.6 is 0 Å². The molecule has 0 amide bonds. The topological polar surface area (TPSA) is 80.9 Å². The number of fused-ring (bicyclic) bond motifs is 3. The molecule has 128 valence electrons. The summed E-state index contributed by atoms with van der Waals surface area (Å²) in [4.78, 5) is 25.6. The van der Waals surface area contributed by atoms with Crippen LogP contribution in [-0.2, 0) is 13.0 Å². The lowest BCUT2D eigenvalue weighted by molar-refractivity contribution is 0.659. The van der Waals surface area contributed by atoms with Gasteiger partial charge < -0.3 is 4.98 Å². The molecule has 0 atom stereocenters. The number of nitrogens with zero attached hydrogens (tertiary/aromatic N) is 5. The molecule has 0 bridgehead atoms. The predicted molar refractivity (Wildman–Crippen MR) is 92.4 cm³/mol. The van der Waals surface area contributed by atoms with Crippen molar-refractivity contribution in [2.75, 3.05) is 0 Å². The zero-order valence-electron chi connectivity index (χ0n) is 14.4. The normalized spacial score (nSPS) is 15.9. The fourth-order valence-corrected chi connectivity index (χ4v) is 3.72. The first-order valence-electron chi connectivity index (χ1n) is 9.11. The lowest BCUT2D eigenvalue weighted by Gasteiger charge is -2.04. The molecule has 1 aliphatic rings. The molecule has 0 radical (unpaired) electrons. The maximum Gasteiger partial charge on any atom is 0.281 e. The number of hydrogen-bond acceptors (Lipinski definition) is 4. The van der Waals surface area contributed by atoms with E-state index in [1.807, 2.05) is 0 Å². The summed E-state index contributed by atoms with van der Waals surface area (Å²) in [5.41, 5.74) is 1.15. The molecule has 0 aliphatic heterocycles. The zero-order valence-corrected chi connectivity index (χ0v) is 14.4. The summed E-state index contributed by atoms with van der Waals surface area (Å²) in [6.07, 6.45) is 7.42. The van der Waals surface area contributed by atoms with Crippen LogP contribution in [0.15, 0.2) is 4.79 Å². The van der Waals surface area contributed by atoms with Crippen LogP contribution in [0, 0.1) is 0 Å². The van der Waals surface area contributed by atoms with Gasteiger partial charge in [-0.3, -0.25) is 9.36 Å². The standard InChI is InChI=1S/C17H24N6O/c1-3-7-12-18-17-22(10-4-2)16(24)13-15(23(17)21-12)20-14(19-13)11-8-5-6-9-11/h11H,3-10H2,1-2H3,(H,19,20). The second-order valence-corrected chi connectivity index (χ2v) is 6.75. The quantitative estimate of drug-likeness (QED) is 0.781. The Labute approximate surface area is 140 Å². The van der Waals surface area contributed by atoms with E-state index in [0.717, 1.165) is 43.8 Å². The largest absolute Gasteiger partial charge is 0.336 e. The number of imidazole rings is 1. The summed E-state index contributed by atoms with van der Waals surface area (Å²) in [5.74, 6) is 2.76. The predicted octanol–water partition coefficient (Wildman–Crippen LogP) is 2.79. The Hall–Kier alpha value is -2.18. The Morgan fingerprint density at radius 3 is 2.67 bits per heavy atom. The molecule has 1 N–H and O–H groups in total. The third kappa shape index (κ3) is 2.34. The second kappa shape index (κ2) is 6.03. The third-order valence-electron chi connectivity index (χ3n) is 4.90. The van der Waals surface area contributed by atoms with E-state index >= 15 is 0 Å². The van der Waals surface area contributed by atoms with Crippen molar-refractivity contribution in [1.29, 1.82) is 0 Å². The number of nitrogens with one attached hydrogen (secondary N) is 1. The molecule has 4 rings (SSSR count). The van der Waals surface area contributed by atoms with Crippen LogP contribution in [0.1, 0.15) is 69.9 Å². The van der Waals surface area contributed by atoms with Crippen LogP contribution in [0.4, 0.5) is 0 Å². The number of H-pyrrole nitrogens is 1. The molecular weight excluding hydrogens is 304 g/mol. The van der Waals surface area contributed by atoms with Gasteiger partial charge in [-0.25, -0.2) is 4.98 Å². The van der Waals surface area contributed by atoms with Crippen molar-refractivity contribution in [2.24, 2.45) is 0 Å². The van der Waals surface area contributed by atoms with E-state index in [1.54, 1.807) is 9.08 Å². The summed E-state index contributed by atoms with van der Waals surface area (Å²) in [5, 5.41) is 4.62. The summed E-state index contributed by atoms with van der Waals surface area (Å²) in [6, 6.07) is 0. The monoisotopic (exact) mass is 328 g/mol. The van der Waals surface area contributed by atoms with Crippen LogP contribution in [0.3, 0.4) is 0 Å². The van der Waals surface area contributed by atoms with Crippen LogP contribution in [0.5, 0.6) is 0 Å². The van der Waals surface area contributed by atoms with Crippen molar-refractivity contribution in [3.05, 3.63) is 22.0 Å². The average Bonchev–Trinajstić information content (AvgIpc) is 3.28. The van der Waals surface area contributed by atoms with Gasteiger partial charge in [0, 0.05) is 18.9 Å². The van der Waals surface area contributed by atoms with E-state index in [1.165, 1.54) is 12.8 Å². The van der Waals surface area contributed by atoms with Gasteiger partial charge in [0.25, 0.3) is 5.56 Å². The van der Waals surface area contributed by atoms with Gasteiger partial charge in [-0.05, 0) is 25.7 Å². The highest BCUT2D eigenvalue weighted by Gasteiger charge is 2.24. The van der Waals surface area contributed by atoms with Crippen molar-refractivity contribution in [1.82, 2.24) is 29.1 Å². The van der Waals surface area contributed by atoms with E-state index in [-0.39, 0.29) is 5.56 Å². The van der Waals surface area contributed by atoms with Crippen molar-refractivity contribution in [3.63, 3.8) is 0 Å². The zero-order chi connectivity index (χ0) is 16.7. The molecule has 1 saturated carbocycles.